The summed E-state index contributed by atoms with van der Waals surface area (Å²) in [6, 6.07) is 0. The standard InChI is InChI=1S/C21H44/c1-4-7-8-9-10-11-12-13-14-15-16-17-18-20-21(6-3)19-5-2/h21H,4-20H2,1-3H3. The van der Waals surface area contributed by atoms with Crippen LogP contribution in [0, 0.1) is 5.92 Å². The second-order valence-corrected chi connectivity index (χ2v) is 7.09. The summed E-state index contributed by atoms with van der Waals surface area (Å²) >= 11 is 0. The monoisotopic (exact) mass is 296 g/mol. The van der Waals surface area contributed by atoms with E-state index in [9.17, 15) is 0 Å². The van der Waals surface area contributed by atoms with E-state index in [-0.39, 0.29) is 0 Å². The Kier molecular flexibility index (Phi) is 18.1. The molecule has 0 bridgehead atoms. The Morgan fingerprint density at radius 3 is 1.24 bits per heavy atom. The molecule has 128 valence electrons. The molecular formula is C21H44. The Hall–Kier alpha value is 0. The van der Waals surface area contributed by atoms with Gasteiger partial charge < -0.3 is 0 Å². The zero-order valence-electron chi connectivity index (χ0n) is 15.6. The van der Waals surface area contributed by atoms with E-state index in [4.69, 9.17) is 0 Å². The van der Waals surface area contributed by atoms with Crippen molar-refractivity contribution in [1.29, 1.82) is 0 Å². The Morgan fingerprint density at radius 2 is 0.857 bits per heavy atom. The smallest absolute Gasteiger partial charge is 0.0417 e. The summed E-state index contributed by atoms with van der Waals surface area (Å²) in [5.74, 6) is 1.02. The summed E-state index contributed by atoms with van der Waals surface area (Å²) in [6.07, 6.45) is 24.8. The minimum atomic E-state index is 1.02. The summed E-state index contributed by atoms with van der Waals surface area (Å²) in [7, 11) is 0. The highest BCUT2D eigenvalue weighted by molar-refractivity contribution is 4.57. The van der Waals surface area contributed by atoms with Crippen molar-refractivity contribution in [3.63, 3.8) is 0 Å². The molecule has 0 aliphatic rings. The molecule has 0 radical (unpaired) electrons. The van der Waals surface area contributed by atoms with Crippen LogP contribution in [-0.4, -0.2) is 0 Å². The molecule has 0 N–H and O–H groups in total. The Balaban J connectivity index is 3.08. The van der Waals surface area contributed by atoms with E-state index in [1.165, 1.54) is 109 Å². The normalized spacial score (nSPS) is 12.7. The van der Waals surface area contributed by atoms with Gasteiger partial charge in [0.2, 0.25) is 0 Å². The Bertz CT molecular complexity index is 173. The van der Waals surface area contributed by atoms with Crippen molar-refractivity contribution >= 4 is 0 Å². The van der Waals surface area contributed by atoms with Crippen molar-refractivity contribution in [2.75, 3.05) is 0 Å². The van der Waals surface area contributed by atoms with Gasteiger partial charge >= 0.3 is 0 Å². The van der Waals surface area contributed by atoms with Crippen molar-refractivity contribution in [1.82, 2.24) is 0 Å². The van der Waals surface area contributed by atoms with Gasteiger partial charge in [-0.3, -0.25) is 0 Å². The van der Waals surface area contributed by atoms with Crippen LogP contribution in [-0.2, 0) is 0 Å². The van der Waals surface area contributed by atoms with E-state index < -0.39 is 0 Å². The summed E-state index contributed by atoms with van der Waals surface area (Å²) in [5.41, 5.74) is 0. The van der Waals surface area contributed by atoms with Crippen LogP contribution in [0.4, 0.5) is 0 Å². The van der Waals surface area contributed by atoms with Crippen LogP contribution in [0.2, 0.25) is 0 Å². The molecule has 0 heteroatoms. The van der Waals surface area contributed by atoms with Gasteiger partial charge in [-0.1, -0.05) is 130 Å². The van der Waals surface area contributed by atoms with Crippen LogP contribution in [0.5, 0.6) is 0 Å². The van der Waals surface area contributed by atoms with Gasteiger partial charge in [-0.25, -0.2) is 0 Å². The minimum absolute atomic E-state index is 1.02. The molecule has 0 saturated carbocycles. The van der Waals surface area contributed by atoms with E-state index in [0.717, 1.165) is 5.92 Å². The maximum Gasteiger partial charge on any atom is -0.0417 e. The van der Waals surface area contributed by atoms with Gasteiger partial charge in [0.25, 0.3) is 0 Å². The first kappa shape index (κ1) is 21.0. The highest BCUT2D eigenvalue weighted by Gasteiger charge is 2.04. The van der Waals surface area contributed by atoms with Crippen molar-refractivity contribution in [3.8, 4) is 0 Å². The molecular weight excluding hydrogens is 252 g/mol. The van der Waals surface area contributed by atoms with E-state index >= 15 is 0 Å². The largest absolute Gasteiger partial charge is 0.0654 e. The molecule has 0 aromatic rings. The van der Waals surface area contributed by atoms with E-state index in [0.29, 0.717) is 0 Å². The van der Waals surface area contributed by atoms with Crippen LogP contribution >= 0.6 is 0 Å². The molecule has 21 heavy (non-hydrogen) atoms. The van der Waals surface area contributed by atoms with Crippen molar-refractivity contribution in [2.45, 2.75) is 130 Å². The molecule has 0 spiro atoms. The maximum absolute atomic E-state index is 2.36. The maximum atomic E-state index is 2.36. The summed E-state index contributed by atoms with van der Waals surface area (Å²) in [6.45, 7) is 6.99. The first-order chi connectivity index (χ1) is 10.3. The van der Waals surface area contributed by atoms with Gasteiger partial charge in [0.15, 0.2) is 0 Å². The Labute approximate surface area is 136 Å². The van der Waals surface area contributed by atoms with Crippen LogP contribution in [0.3, 0.4) is 0 Å². The third kappa shape index (κ3) is 16.2. The third-order valence-electron chi connectivity index (χ3n) is 4.99. The quantitative estimate of drug-likeness (QED) is 0.237. The highest BCUT2D eigenvalue weighted by atomic mass is 14.1. The molecule has 0 amide bonds. The lowest BCUT2D eigenvalue weighted by atomic mass is 9.94. The molecule has 0 fully saturated rings. The lowest BCUT2D eigenvalue weighted by Crippen LogP contribution is -1.97. The lowest BCUT2D eigenvalue weighted by Gasteiger charge is -2.13. The van der Waals surface area contributed by atoms with E-state index in [2.05, 4.69) is 20.8 Å². The molecule has 0 aromatic heterocycles. The first-order valence-electron chi connectivity index (χ1n) is 10.3. The average molecular weight is 297 g/mol. The molecule has 0 aliphatic heterocycles. The van der Waals surface area contributed by atoms with E-state index in [1.54, 1.807) is 0 Å². The van der Waals surface area contributed by atoms with Gasteiger partial charge in [0.1, 0.15) is 0 Å². The highest BCUT2D eigenvalue weighted by Crippen LogP contribution is 2.19. The van der Waals surface area contributed by atoms with Gasteiger partial charge in [-0.15, -0.1) is 0 Å². The average Bonchev–Trinajstić information content (AvgIpc) is 2.50. The predicted octanol–water partition coefficient (Wildman–Crippen LogP) is 8.29. The molecule has 0 aromatic carbocycles. The van der Waals surface area contributed by atoms with Crippen LogP contribution in [0.1, 0.15) is 130 Å². The second-order valence-electron chi connectivity index (χ2n) is 7.09. The lowest BCUT2D eigenvalue weighted by molar-refractivity contribution is 0.407. The number of rotatable bonds is 17. The molecule has 0 heterocycles. The minimum Gasteiger partial charge on any atom is -0.0654 e. The fourth-order valence-corrected chi connectivity index (χ4v) is 3.41. The fourth-order valence-electron chi connectivity index (χ4n) is 3.41. The molecule has 1 atom stereocenters. The molecule has 1 unspecified atom stereocenters. The zero-order chi connectivity index (χ0) is 15.6. The third-order valence-corrected chi connectivity index (χ3v) is 4.99. The number of hydrogen-bond acceptors (Lipinski definition) is 0. The zero-order valence-corrected chi connectivity index (χ0v) is 15.6. The van der Waals surface area contributed by atoms with Crippen molar-refractivity contribution in [3.05, 3.63) is 0 Å². The van der Waals surface area contributed by atoms with Gasteiger partial charge in [0.05, 0.1) is 0 Å². The van der Waals surface area contributed by atoms with Crippen molar-refractivity contribution < 1.29 is 0 Å². The summed E-state index contributed by atoms with van der Waals surface area (Å²) < 4.78 is 0. The number of unbranched alkanes of at least 4 members (excludes halogenated alkanes) is 12. The number of hydrogen-bond donors (Lipinski definition) is 0. The predicted molar refractivity (Wildman–Crippen MR) is 99.0 cm³/mol. The molecule has 0 aliphatic carbocycles. The Morgan fingerprint density at radius 1 is 0.429 bits per heavy atom. The van der Waals surface area contributed by atoms with Gasteiger partial charge in [0, 0.05) is 0 Å². The molecule has 0 nitrogen and oxygen atoms in total. The fraction of sp³-hybridized carbons (Fsp3) is 1.00. The first-order valence-corrected chi connectivity index (χ1v) is 10.3. The van der Waals surface area contributed by atoms with Crippen molar-refractivity contribution in [2.24, 2.45) is 5.92 Å². The topological polar surface area (TPSA) is 0 Å². The summed E-state index contributed by atoms with van der Waals surface area (Å²) in [4.78, 5) is 0. The van der Waals surface area contributed by atoms with Crippen LogP contribution in [0.25, 0.3) is 0 Å². The van der Waals surface area contributed by atoms with Gasteiger partial charge in [-0.05, 0) is 5.92 Å². The molecule has 0 saturated heterocycles. The van der Waals surface area contributed by atoms with Crippen LogP contribution in [0.15, 0.2) is 0 Å². The summed E-state index contributed by atoms with van der Waals surface area (Å²) in [5, 5.41) is 0. The molecule has 0 rings (SSSR count). The van der Waals surface area contributed by atoms with Gasteiger partial charge in [-0.2, -0.15) is 0 Å². The van der Waals surface area contributed by atoms with E-state index in [1.807, 2.05) is 0 Å². The van der Waals surface area contributed by atoms with Crippen LogP contribution < -0.4 is 0 Å². The SMILES string of the molecule is CCCCCCCCCCCCCCCC(CC)CCC. The second kappa shape index (κ2) is 18.1.